The van der Waals surface area contributed by atoms with Crippen LogP contribution < -0.4 is 5.32 Å². The van der Waals surface area contributed by atoms with Crippen LogP contribution in [0.4, 0.5) is 0 Å². The fourth-order valence-electron chi connectivity index (χ4n) is 1.51. The van der Waals surface area contributed by atoms with Gasteiger partial charge in [0.2, 0.25) is 0 Å². The second kappa shape index (κ2) is 6.05. The molecule has 1 unspecified atom stereocenters. The second-order valence-corrected chi connectivity index (χ2v) is 4.01. The van der Waals surface area contributed by atoms with Crippen LogP contribution in [-0.2, 0) is 0 Å². The number of rotatable bonds is 4. The lowest BCUT2D eigenvalue weighted by Gasteiger charge is -2.12. The van der Waals surface area contributed by atoms with Crippen molar-refractivity contribution in [2.45, 2.75) is 20.3 Å². The maximum absolute atomic E-state index is 5.93. The average Bonchev–Trinajstić information content (AvgIpc) is 2.33. The Morgan fingerprint density at radius 2 is 2.21 bits per heavy atom. The van der Waals surface area contributed by atoms with Crippen molar-refractivity contribution in [1.82, 2.24) is 5.32 Å². The molecule has 1 N–H and O–H groups in total. The molecule has 78 valence electrons. The first-order valence-corrected chi connectivity index (χ1v) is 5.54. The molecule has 0 heterocycles. The third kappa shape index (κ3) is 3.69. The van der Waals surface area contributed by atoms with Gasteiger partial charge >= 0.3 is 0 Å². The zero-order valence-electron chi connectivity index (χ0n) is 8.89. The molecule has 0 aromatic heterocycles. The molecule has 0 bridgehead atoms. The smallest absolute Gasteiger partial charge is 0.0403 e. The fraction of sp³-hybridized carbons (Fsp3) is 0.500. The van der Waals surface area contributed by atoms with Gasteiger partial charge in [-0.3, -0.25) is 0 Å². The average molecular weight is 212 g/mol. The Balaban J connectivity index is 2.50. The van der Waals surface area contributed by atoms with Gasteiger partial charge in [0.1, 0.15) is 0 Å². The highest BCUT2D eigenvalue weighted by molar-refractivity contribution is 6.31. The van der Waals surface area contributed by atoms with E-state index in [0.29, 0.717) is 5.92 Å². The van der Waals surface area contributed by atoms with Gasteiger partial charge in [0.25, 0.3) is 0 Å². The summed E-state index contributed by atoms with van der Waals surface area (Å²) in [4.78, 5) is 0. The lowest BCUT2D eigenvalue weighted by atomic mass is 9.97. The van der Waals surface area contributed by atoms with Gasteiger partial charge in [-0.2, -0.15) is 0 Å². The van der Waals surface area contributed by atoms with Crippen LogP contribution in [0.15, 0.2) is 34.9 Å². The van der Waals surface area contributed by atoms with Crippen LogP contribution in [0.5, 0.6) is 0 Å². The van der Waals surface area contributed by atoms with Gasteiger partial charge in [-0.05, 0) is 44.5 Å². The predicted octanol–water partition coefficient (Wildman–Crippen LogP) is 3.24. The zero-order valence-corrected chi connectivity index (χ0v) is 9.64. The van der Waals surface area contributed by atoms with Crippen molar-refractivity contribution >= 4 is 11.6 Å². The summed E-state index contributed by atoms with van der Waals surface area (Å²) >= 11 is 5.93. The van der Waals surface area contributed by atoms with Crippen molar-refractivity contribution in [3.63, 3.8) is 0 Å². The Hall–Kier alpha value is -0.530. The molecule has 1 nitrogen and oxygen atoms in total. The molecular weight excluding hydrogens is 194 g/mol. The molecule has 0 fully saturated rings. The first-order chi connectivity index (χ1) is 6.74. The maximum Gasteiger partial charge on any atom is 0.0403 e. The topological polar surface area (TPSA) is 12.0 Å². The van der Waals surface area contributed by atoms with Crippen LogP contribution in [0.2, 0.25) is 0 Å². The van der Waals surface area contributed by atoms with Gasteiger partial charge in [-0.25, -0.2) is 0 Å². The van der Waals surface area contributed by atoms with E-state index in [1.807, 2.05) is 12.2 Å². The van der Waals surface area contributed by atoms with E-state index in [0.717, 1.165) is 24.5 Å². The van der Waals surface area contributed by atoms with E-state index >= 15 is 0 Å². The van der Waals surface area contributed by atoms with Gasteiger partial charge in [-0.1, -0.05) is 36.2 Å². The highest BCUT2D eigenvalue weighted by atomic mass is 35.5. The molecule has 14 heavy (non-hydrogen) atoms. The summed E-state index contributed by atoms with van der Waals surface area (Å²) in [5.74, 6) is 0.529. The lowest BCUT2D eigenvalue weighted by molar-refractivity contribution is 0.604. The minimum Gasteiger partial charge on any atom is -0.317 e. The molecule has 0 aliphatic heterocycles. The van der Waals surface area contributed by atoms with E-state index in [4.69, 9.17) is 11.6 Å². The van der Waals surface area contributed by atoms with Gasteiger partial charge < -0.3 is 5.32 Å². The Labute approximate surface area is 91.5 Å². The molecule has 0 saturated heterocycles. The highest BCUT2D eigenvalue weighted by Crippen LogP contribution is 2.21. The molecule has 0 amide bonds. The summed E-state index contributed by atoms with van der Waals surface area (Å²) in [5.41, 5.74) is 1.38. The van der Waals surface area contributed by atoms with Crippen LogP contribution in [0, 0.1) is 5.92 Å². The number of allylic oxidation sites excluding steroid dienone is 6. The first kappa shape index (κ1) is 11.5. The molecule has 0 saturated carbocycles. The summed E-state index contributed by atoms with van der Waals surface area (Å²) in [6, 6.07) is 0. The number of halogens is 1. The highest BCUT2D eigenvalue weighted by Gasteiger charge is 2.08. The largest absolute Gasteiger partial charge is 0.317 e. The number of hydrogen-bond donors (Lipinski definition) is 1. The maximum atomic E-state index is 5.93. The molecule has 0 radical (unpaired) electrons. The Morgan fingerprint density at radius 3 is 2.93 bits per heavy atom. The molecule has 1 atom stereocenters. The van der Waals surface area contributed by atoms with E-state index in [9.17, 15) is 0 Å². The Morgan fingerprint density at radius 1 is 1.43 bits per heavy atom. The quantitative estimate of drug-likeness (QED) is 0.704. The standard InChI is InChI=1S/C12H18ClN/c1-3-14-9-8-11-5-7-12(13)6-4-10(11)2/h4-7,11,14H,3,8-9H2,1-2H3. The Kier molecular flexibility index (Phi) is 4.99. The predicted molar refractivity (Wildman–Crippen MR) is 63.5 cm³/mol. The van der Waals surface area contributed by atoms with Crippen molar-refractivity contribution in [2.75, 3.05) is 13.1 Å². The SMILES string of the molecule is CCNCCC1C=CC(Cl)=CC=C1C. The van der Waals surface area contributed by atoms with Crippen molar-refractivity contribution in [1.29, 1.82) is 0 Å². The number of nitrogens with one attached hydrogen (secondary N) is 1. The van der Waals surface area contributed by atoms with Gasteiger partial charge in [0.05, 0.1) is 0 Å². The second-order valence-electron chi connectivity index (χ2n) is 3.57. The van der Waals surface area contributed by atoms with Crippen molar-refractivity contribution in [2.24, 2.45) is 5.92 Å². The van der Waals surface area contributed by atoms with Crippen LogP contribution in [0.1, 0.15) is 20.3 Å². The number of hydrogen-bond acceptors (Lipinski definition) is 1. The summed E-state index contributed by atoms with van der Waals surface area (Å²) in [7, 11) is 0. The third-order valence-electron chi connectivity index (χ3n) is 2.46. The van der Waals surface area contributed by atoms with E-state index in [1.165, 1.54) is 5.57 Å². The van der Waals surface area contributed by atoms with Gasteiger partial charge in [0.15, 0.2) is 0 Å². The molecule has 1 aliphatic carbocycles. The molecule has 0 aromatic rings. The van der Waals surface area contributed by atoms with Crippen molar-refractivity contribution < 1.29 is 0 Å². The molecule has 0 spiro atoms. The van der Waals surface area contributed by atoms with Crippen molar-refractivity contribution in [3.05, 3.63) is 34.9 Å². The van der Waals surface area contributed by atoms with Crippen molar-refractivity contribution in [3.8, 4) is 0 Å². The van der Waals surface area contributed by atoms with Gasteiger partial charge in [0, 0.05) is 5.03 Å². The molecule has 0 aromatic carbocycles. The summed E-state index contributed by atoms with van der Waals surface area (Å²) in [6.07, 6.45) is 9.39. The molecule has 1 rings (SSSR count). The van der Waals surface area contributed by atoms with Crippen LogP contribution in [-0.4, -0.2) is 13.1 Å². The minimum absolute atomic E-state index is 0.529. The lowest BCUT2D eigenvalue weighted by Crippen LogP contribution is -2.17. The minimum atomic E-state index is 0.529. The van der Waals surface area contributed by atoms with E-state index in [2.05, 4.69) is 31.3 Å². The molecular formula is C12H18ClN. The van der Waals surface area contributed by atoms with E-state index < -0.39 is 0 Å². The monoisotopic (exact) mass is 211 g/mol. The van der Waals surface area contributed by atoms with Crippen LogP contribution in [0.25, 0.3) is 0 Å². The zero-order chi connectivity index (χ0) is 10.4. The van der Waals surface area contributed by atoms with Crippen LogP contribution >= 0.6 is 11.6 Å². The molecule has 2 heteroatoms. The molecule has 1 aliphatic rings. The summed E-state index contributed by atoms with van der Waals surface area (Å²) in [5, 5.41) is 4.15. The van der Waals surface area contributed by atoms with Crippen LogP contribution in [0.3, 0.4) is 0 Å². The normalized spacial score (nSPS) is 21.5. The summed E-state index contributed by atoms with van der Waals surface area (Å²) in [6.45, 7) is 6.39. The Bertz CT molecular complexity index is 263. The summed E-state index contributed by atoms with van der Waals surface area (Å²) < 4.78 is 0. The fourth-order valence-corrected chi connectivity index (χ4v) is 1.64. The first-order valence-electron chi connectivity index (χ1n) is 5.17. The third-order valence-corrected chi connectivity index (χ3v) is 2.71. The van der Waals surface area contributed by atoms with E-state index in [1.54, 1.807) is 0 Å². The van der Waals surface area contributed by atoms with E-state index in [-0.39, 0.29) is 0 Å². The van der Waals surface area contributed by atoms with Gasteiger partial charge in [-0.15, -0.1) is 0 Å².